The fraction of sp³-hybridized carbons (Fsp3) is 0.278. The number of carbonyl (C=O) groups is 2. The number of aryl methyl sites for hydroxylation is 3. The highest BCUT2D eigenvalue weighted by Gasteiger charge is 2.14. The smallest absolute Gasteiger partial charge is 0.313 e. The van der Waals surface area contributed by atoms with Crippen LogP contribution in [0, 0.1) is 20.8 Å². The van der Waals surface area contributed by atoms with Gasteiger partial charge in [0.15, 0.2) is 0 Å². The number of anilines is 1. The number of benzene rings is 1. The molecule has 0 radical (unpaired) electrons. The summed E-state index contributed by atoms with van der Waals surface area (Å²) in [7, 11) is 0. The van der Waals surface area contributed by atoms with Gasteiger partial charge in [-0.2, -0.15) is 0 Å². The minimum atomic E-state index is -0.667. The van der Waals surface area contributed by atoms with Crippen molar-refractivity contribution in [1.82, 2.24) is 10.3 Å². The number of pyridine rings is 1. The van der Waals surface area contributed by atoms with Crippen LogP contribution >= 0.6 is 0 Å². The van der Waals surface area contributed by atoms with Gasteiger partial charge >= 0.3 is 11.8 Å². The number of nitrogens with one attached hydrogen (secondary N) is 2. The molecule has 0 fully saturated rings. The zero-order valence-corrected chi connectivity index (χ0v) is 13.6. The van der Waals surface area contributed by atoms with Crippen LogP contribution in [0.25, 0.3) is 0 Å². The Morgan fingerprint density at radius 1 is 1.04 bits per heavy atom. The van der Waals surface area contributed by atoms with Crippen molar-refractivity contribution in [1.29, 1.82) is 0 Å². The van der Waals surface area contributed by atoms with E-state index in [1.165, 1.54) is 16.7 Å². The van der Waals surface area contributed by atoms with E-state index in [4.69, 9.17) is 0 Å². The Balaban J connectivity index is 1.85. The molecule has 5 heteroatoms. The zero-order valence-electron chi connectivity index (χ0n) is 13.6. The van der Waals surface area contributed by atoms with Crippen LogP contribution in [-0.2, 0) is 16.0 Å². The predicted molar refractivity (Wildman–Crippen MR) is 90.2 cm³/mol. The molecule has 0 atom stereocenters. The maximum atomic E-state index is 11.9. The lowest BCUT2D eigenvalue weighted by Crippen LogP contribution is -2.36. The van der Waals surface area contributed by atoms with Gasteiger partial charge in [0, 0.05) is 24.6 Å². The molecule has 2 amide bonds. The van der Waals surface area contributed by atoms with Crippen molar-refractivity contribution in [2.24, 2.45) is 0 Å². The molecule has 0 aliphatic carbocycles. The number of aromatic nitrogens is 1. The summed E-state index contributed by atoms with van der Waals surface area (Å²) in [6, 6.07) is 7.87. The summed E-state index contributed by atoms with van der Waals surface area (Å²) in [5.41, 5.74) is 4.97. The third kappa shape index (κ3) is 4.64. The summed E-state index contributed by atoms with van der Waals surface area (Å²) in [6.45, 7) is 6.33. The number of hydrogen-bond donors (Lipinski definition) is 2. The van der Waals surface area contributed by atoms with Gasteiger partial charge < -0.3 is 10.6 Å². The summed E-state index contributed by atoms with van der Waals surface area (Å²) in [5, 5.41) is 5.23. The predicted octanol–water partition coefficient (Wildman–Crippen LogP) is 2.30. The van der Waals surface area contributed by atoms with E-state index in [1.54, 1.807) is 18.5 Å². The lowest BCUT2D eigenvalue weighted by atomic mass is 10.0. The molecular formula is C18H21N3O2. The third-order valence-corrected chi connectivity index (χ3v) is 3.65. The average Bonchev–Trinajstić information content (AvgIpc) is 2.51. The minimum absolute atomic E-state index is 0.422. The zero-order chi connectivity index (χ0) is 16.8. The van der Waals surface area contributed by atoms with Crippen molar-refractivity contribution in [3.8, 4) is 0 Å². The van der Waals surface area contributed by atoms with E-state index >= 15 is 0 Å². The molecule has 0 aliphatic heterocycles. The lowest BCUT2D eigenvalue weighted by Gasteiger charge is -2.09. The van der Waals surface area contributed by atoms with Gasteiger partial charge in [-0.3, -0.25) is 14.6 Å². The lowest BCUT2D eigenvalue weighted by molar-refractivity contribution is -0.136. The van der Waals surface area contributed by atoms with Crippen LogP contribution in [0.15, 0.2) is 36.7 Å². The van der Waals surface area contributed by atoms with Crippen molar-refractivity contribution in [3.05, 3.63) is 58.9 Å². The Kier molecular flexibility index (Phi) is 5.46. The maximum absolute atomic E-state index is 11.9. The standard InChI is InChI=1S/C18H21N3O2/c1-12-4-5-15(13(2)10-12)6-9-20-17(22)18(23)21-16-7-8-19-11-14(16)3/h4-5,7-8,10-11H,6,9H2,1-3H3,(H,20,22)(H,19,21,23). The molecule has 2 N–H and O–H groups in total. The average molecular weight is 311 g/mol. The van der Waals surface area contributed by atoms with Crippen molar-refractivity contribution >= 4 is 17.5 Å². The first-order valence-electron chi connectivity index (χ1n) is 7.53. The minimum Gasteiger partial charge on any atom is -0.347 e. The van der Waals surface area contributed by atoms with Crippen LogP contribution in [-0.4, -0.2) is 23.3 Å². The number of nitrogens with zero attached hydrogens (tertiary/aromatic N) is 1. The van der Waals surface area contributed by atoms with Gasteiger partial charge in [-0.15, -0.1) is 0 Å². The van der Waals surface area contributed by atoms with E-state index in [9.17, 15) is 9.59 Å². The topological polar surface area (TPSA) is 71.1 Å². The van der Waals surface area contributed by atoms with Gasteiger partial charge in [-0.25, -0.2) is 0 Å². The largest absolute Gasteiger partial charge is 0.347 e. The summed E-state index contributed by atoms with van der Waals surface area (Å²) < 4.78 is 0. The molecule has 0 unspecified atom stereocenters. The second kappa shape index (κ2) is 7.54. The fourth-order valence-electron chi connectivity index (χ4n) is 2.31. The van der Waals surface area contributed by atoms with Crippen LogP contribution in [0.2, 0.25) is 0 Å². The first kappa shape index (κ1) is 16.7. The van der Waals surface area contributed by atoms with E-state index in [0.29, 0.717) is 18.7 Å². The first-order valence-corrected chi connectivity index (χ1v) is 7.53. The maximum Gasteiger partial charge on any atom is 0.313 e. The molecule has 1 aromatic heterocycles. The van der Waals surface area contributed by atoms with E-state index in [0.717, 1.165) is 5.56 Å². The van der Waals surface area contributed by atoms with Crippen molar-refractivity contribution in [3.63, 3.8) is 0 Å². The molecule has 0 spiro atoms. The van der Waals surface area contributed by atoms with E-state index < -0.39 is 11.8 Å². The van der Waals surface area contributed by atoms with Gasteiger partial charge in [0.1, 0.15) is 0 Å². The van der Waals surface area contributed by atoms with Gasteiger partial charge in [0.2, 0.25) is 0 Å². The molecule has 5 nitrogen and oxygen atoms in total. The normalized spacial score (nSPS) is 10.2. The highest BCUT2D eigenvalue weighted by atomic mass is 16.2. The molecule has 2 aromatic rings. The molecule has 0 bridgehead atoms. The van der Waals surface area contributed by atoms with Gasteiger partial charge in [-0.05, 0) is 49.9 Å². The Labute approximate surface area is 136 Å². The molecule has 120 valence electrons. The van der Waals surface area contributed by atoms with E-state index in [-0.39, 0.29) is 0 Å². The van der Waals surface area contributed by atoms with E-state index in [1.807, 2.05) is 26.8 Å². The second-order valence-electron chi connectivity index (χ2n) is 5.58. The van der Waals surface area contributed by atoms with Gasteiger partial charge in [0.05, 0.1) is 0 Å². The molecule has 2 rings (SSSR count). The molecule has 23 heavy (non-hydrogen) atoms. The highest BCUT2D eigenvalue weighted by Crippen LogP contribution is 2.12. The summed E-state index contributed by atoms with van der Waals surface area (Å²) in [6.07, 6.45) is 3.90. The fourth-order valence-corrected chi connectivity index (χ4v) is 2.31. The molecular weight excluding hydrogens is 290 g/mol. The monoisotopic (exact) mass is 311 g/mol. The molecule has 0 saturated heterocycles. The van der Waals surface area contributed by atoms with Crippen LogP contribution < -0.4 is 10.6 Å². The molecule has 1 heterocycles. The summed E-state index contributed by atoms with van der Waals surface area (Å²) in [5.74, 6) is -1.30. The third-order valence-electron chi connectivity index (χ3n) is 3.65. The van der Waals surface area contributed by atoms with Gasteiger partial charge in [-0.1, -0.05) is 23.8 Å². The number of carbonyl (C=O) groups excluding carboxylic acids is 2. The van der Waals surface area contributed by atoms with Crippen LogP contribution in [0.4, 0.5) is 5.69 Å². The van der Waals surface area contributed by atoms with Gasteiger partial charge in [0.25, 0.3) is 0 Å². The second-order valence-corrected chi connectivity index (χ2v) is 5.58. The molecule has 0 aliphatic rings. The van der Waals surface area contributed by atoms with Crippen LogP contribution in [0.3, 0.4) is 0 Å². The first-order chi connectivity index (χ1) is 11.0. The number of rotatable bonds is 4. The number of amides is 2. The number of hydrogen-bond acceptors (Lipinski definition) is 3. The van der Waals surface area contributed by atoms with Crippen LogP contribution in [0.5, 0.6) is 0 Å². The summed E-state index contributed by atoms with van der Waals surface area (Å²) >= 11 is 0. The van der Waals surface area contributed by atoms with Crippen molar-refractivity contribution < 1.29 is 9.59 Å². The Morgan fingerprint density at radius 2 is 1.83 bits per heavy atom. The summed E-state index contributed by atoms with van der Waals surface area (Å²) in [4.78, 5) is 27.7. The SMILES string of the molecule is Cc1ccc(CCNC(=O)C(=O)Nc2ccncc2C)c(C)c1. The molecule has 0 saturated carbocycles. The Morgan fingerprint density at radius 3 is 2.52 bits per heavy atom. The van der Waals surface area contributed by atoms with Crippen molar-refractivity contribution in [2.45, 2.75) is 27.2 Å². The Bertz CT molecular complexity index is 726. The van der Waals surface area contributed by atoms with Crippen LogP contribution in [0.1, 0.15) is 22.3 Å². The Hall–Kier alpha value is -2.69. The van der Waals surface area contributed by atoms with Crippen molar-refractivity contribution in [2.75, 3.05) is 11.9 Å². The highest BCUT2D eigenvalue weighted by molar-refractivity contribution is 6.39. The quantitative estimate of drug-likeness (QED) is 0.851. The molecule has 1 aromatic carbocycles. The van der Waals surface area contributed by atoms with E-state index in [2.05, 4.69) is 27.8 Å².